The smallest absolute Gasteiger partial charge is 0.234 e. The van der Waals surface area contributed by atoms with Gasteiger partial charge in [0.2, 0.25) is 11.8 Å². The molecule has 0 bridgehead atoms. The second kappa shape index (κ2) is 2.95. The molecule has 0 aromatic rings. The molecule has 2 rings (SSSR count). The van der Waals surface area contributed by atoms with E-state index in [4.69, 9.17) is 11.5 Å². The Morgan fingerprint density at radius 2 is 2.29 bits per heavy atom. The normalized spacial score (nSPS) is 30.1. The first-order valence-electron chi connectivity index (χ1n) is 4.89. The highest BCUT2D eigenvalue weighted by Crippen LogP contribution is 2.46. The first-order valence-corrected chi connectivity index (χ1v) is 4.89. The van der Waals surface area contributed by atoms with Crippen molar-refractivity contribution in [1.29, 1.82) is 0 Å². The van der Waals surface area contributed by atoms with Gasteiger partial charge < -0.3 is 16.8 Å². The van der Waals surface area contributed by atoms with Gasteiger partial charge in [0.15, 0.2) is 0 Å². The summed E-state index contributed by atoms with van der Waals surface area (Å²) in [7, 11) is 0. The molecular weight excluding hydrogens is 182 g/mol. The van der Waals surface area contributed by atoms with Crippen LogP contribution in [-0.2, 0) is 9.59 Å². The summed E-state index contributed by atoms with van der Waals surface area (Å²) in [5.41, 5.74) is 10.6. The van der Waals surface area contributed by atoms with Gasteiger partial charge in [-0.3, -0.25) is 9.59 Å². The van der Waals surface area contributed by atoms with Crippen LogP contribution < -0.4 is 16.8 Å². The minimum Gasteiger partial charge on any atom is -0.368 e. The summed E-state index contributed by atoms with van der Waals surface area (Å²) in [6, 6.07) is -0.695. The standard InChI is InChI=1S/C9H15N3O2/c10-6(7(11)13)3-5-4-9(1-2-9)12-8(5)14/h5-6H,1-4,10H2,(H2,11,13)(H,12,14). The predicted octanol–water partition coefficient (Wildman–Crippen LogP) is -1.14. The highest BCUT2D eigenvalue weighted by Gasteiger charge is 2.52. The number of nitrogens with two attached hydrogens (primary N) is 2. The maximum atomic E-state index is 11.5. The summed E-state index contributed by atoms with van der Waals surface area (Å²) in [5, 5.41) is 2.95. The van der Waals surface area contributed by atoms with E-state index in [2.05, 4.69) is 5.32 Å². The number of hydrogen-bond donors (Lipinski definition) is 3. The van der Waals surface area contributed by atoms with E-state index in [0.29, 0.717) is 6.42 Å². The zero-order chi connectivity index (χ0) is 10.3. The van der Waals surface area contributed by atoms with Crippen LogP contribution >= 0.6 is 0 Å². The van der Waals surface area contributed by atoms with Gasteiger partial charge >= 0.3 is 0 Å². The van der Waals surface area contributed by atoms with Gasteiger partial charge in [-0.05, 0) is 25.7 Å². The van der Waals surface area contributed by atoms with Crippen molar-refractivity contribution in [3.8, 4) is 0 Å². The number of primary amides is 1. The number of carbonyl (C=O) groups is 2. The van der Waals surface area contributed by atoms with Gasteiger partial charge in [-0.1, -0.05) is 0 Å². The number of hydrogen-bond acceptors (Lipinski definition) is 3. The molecule has 0 radical (unpaired) electrons. The van der Waals surface area contributed by atoms with Crippen LogP contribution in [0, 0.1) is 5.92 Å². The fourth-order valence-electron chi connectivity index (χ4n) is 2.07. The number of amides is 2. The van der Waals surface area contributed by atoms with Gasteiger partial charge in [-0.2, -0.15) is 0 Å². The molecule has 0 aromatic carbocycles. The summed E-state index contributed by atoms with van der Waals surface area (Å²) in [6.07, 6.45) is 3.30. The molecule has 2 aliphatic rings. The molecule has 2 amide bonds. The molecule has 5 nitrogen and oxygen atoms in total. The third-order valence-corrected chi connectivity index (χ3v) is 3.15. The first-order chi connectivity index (χ1) is 6.52. The van der Waals surface area contributed by atoms with Gasteiger partial charge in [0.1, 0.15) is 0 Å². The van der Waals surface area contributed by atoms with Crippen LogP contribution in [0.25, 0.3) is 0 Å². The van der Waals surface area contributed by atoms with E-state index in [1.54, 1.807) is 0 Å². The molecule has 1 saturated carbocycles. The van der Waals surface area contributed by atoms with E-state index in [9.17, 15) is 9.59 Å². The SMILES string of the molecule is NC(=O)C(N)CC1CC2(CC2)NC1=O. The van der Waals surface area contributed by atoms with Crippen LogP contribution in [0.2, 0.25) is 0 Å². The van der Waals surface area contributed by atoms with E-state index in [-0.39, 0.29) is 17.4 Å². The van der Waals surface area contributed by atoms with E-state index in [0.717, 1.165) is 19.3 Å². The molecule has 2 atom stereocenters. The fraction of sp³-hybridized carbons (Fsp3) is 0.778. The third-order valence-electron chi connectivity index (χ3n) is 3.15. The van der Waals surface area contributed by atoms with E-state index >= 15 is 0 Å². The fourth-order valence-corrected chi connectivity index (χ4v) is 2.07. The molecule has 0 aromatic heterocycles. The van der Waals surface area contributed by atoms with Gasteiger partial charge in [-0.15, -0.1) is 0 Å². The van der Waals surface area contributed by atoms with Crippen molar-refractivity contribution in [3.05, 3.63) is 0 Å². The second-order valence-corrected chi connectivity index (χ2v) is 4.42. The number of rotatable bonds is 3. The lowest BCUT2D eigenvalue weighted by molar-refractivity contribution is -0.123. The average Bonchev–Trinajstić information content (AvgIpc) is 2.75. The Bertz CT molecular complexity index is 286. The number of nitrogens with one attached hydrogen (secondary N) is 1. The summed E-state index contributed by atoms with van der Waals surface area (Å²) in [4.78, 5) is 22.2. The molecule has 1 heterocycles. The quantitative estimate of drug-likeness (QED) is 0.533. The zero-order valence-corrected chi connectivity index (χ0v) is 7.95. The monoisotopic (exact) mass is 197 g/mol. The molecule has 2 unspecified atom stereocenters. The van der Waals surface area contributed by atoms with Crippen LogP contribution in [0.1, 0.15) is 25.7 Å². The molecule has 1 aliphatic heterocycles. The lowest BCUT2D eigenvalue weighted by Gasteiger charge is -2.10. The Labute approximate surface area is 82.2 Å². The number of carbonyl (C=O) groups excluding carboxylic acids is 2. The Hall–Kier alpha value is -1.10. The summed E-state index contributed by atoms with van der Waals surface area (Å²) in [5.74, 6) is -0.631. The third kappa shape index (κ3) is 1.59. The van der Waals surface area contributed by atoms with Crippen molar-refractivity contribution in [2.45, 2.75) is 37.3 Å². The topological polar surface area (TPSA) is 98.2 Å². The molecule has 78 valence electrons. The van der Waals surface area contributed by atoms with Gasteiger partial charge in [0.25, 0.3) is 0 Å². The molecule has 1 spiro atoms. The van der Waals surface area contributed by atoms with Crippen molar-refractivity contribution in [2.24, 2.45) is 17.4 Å². The summed E-state index contributed by atoms with van der Waals surface area (Å²) in [6.45, 7) is 0. The maximum absolute atomic E-state index is 11.5. The van der Waals surface area contributed by atoms with Gasteiger partial charge in [0.05, 0.1) is 6.04 Å². The predicted molar refractivity (Wildman–Crippen MR) is 50.0 cm³/mol. The Balaban J connectivity index is 1.92. The van der Waals surface area contributed by atoms with E-state index in [1.165, 1.54) is 0 Å². The summed E-state index contributed by atoms with van der Waals surface area (Å²) < 4.78 is 0. The minimum atomic E-state index is -0.695. The highest BCUT2D eigenvalue weighted by atomic mass is 16.2. The zero-order valence-electron chi connectivity index (χ0n) is 7.95. The van der Waals surface area contributed by atoms with Crippen LogP contribution in [0.3, 0.4) is 0 Å². The summed E-state index contributed by atoms with van der Waals surface area (Å²) >= 11 is 0. The lowest BCUT2D eigenvalue weighted by Crippen LogP contribution is -2.39. The van der Waals surface area contributed by atoms with Crippen molar-refractivity contribution >= 4 is 11.8 Å². The molecule has 2 fully saturated rings. The van der Waals surface area contributed by atoms with Gasteiger partial charge in [0, 0.05) is 11.5 Å². The van der Waals surface area contributed by atoms with Crippen LogP contribution in [0.5, 0.6) is 0 Å². The van der Waals surface area contributed by atoms with Crippen LogP contribution in [-0.4, -0.2) is 23.4 Å². The van der Waals surface area contributed by atoms with E-state index in [1.807, 2.05) is 0 Å². The van der Waals surface area contributed by atoms with Crippen molar-refractivity contribution in [1.82, 2.24) is 5.32 Å². The Morgan fingerprint density at radius 3 is 2.71 bits per heavy atom. The average molecular weight is 197 g/mol. The molecule has 1 saturated heterocycles. The Morgan fingerprint density at radius 1 is 1.64 bits per heavy atom. The van der Waals surface area contributed by atoms with Crippen LogP contribution in [0.4, 0.5) is 0 Å². The van der Waals surface area contributed by atoms with Crippen molar-refractivity contribution in [3.63, 3.8) is 0 Å². The molecule has 1 aliphatic carbocycles. The van der Waals surface area contributed by atoms with Crippen LogP contribution in [0.15, 0.2) is 0 Å². The van der Waals surface area contributed by atoms with Crippen molar-refractivity contribution in [2.75, 3.05) is 0 Å². The highest BCUT2D eigenvalue weighted by molar-refractivity contribution is 5.85. The molecule has 5 heteroatoms. The Kier molecular flexibility index (Phi) is 1.99. The second-order valence-electron chi connectivity index (χ2n) is 4.42. The maximum Gasteiger partial charge on any atom is 0.234 e. The largest absolute Gasteiger partial charge is 0.368 e. The minimum absolute atomic E-state index is 0.0270. The molecular formula is C9H15N3O2. The van der Waals surface area contributed by atoms with E-state index < -0.39 is 11.9 Å². The molecule has 5 N–H and O–H groups in total. The van der Waals surface area contributed by atoms with Crippen molar-refractivity contribution < 1.29 is 9.59 Å². The molecule has 14 heavy (non-hydrogen) atoms. The first kappa shape index (κ1) is 9.45. The van der Waals surface area contributed by atoms with Gasteiger partial charge in [-0.25, -0.2) is 0 Å². The lowest BCUT2D eigenvalue weighted by atomic mass is 9.96.